The summed E-state index contributed by atoms with van der Waals surface area (Å²) in [6, 6.07) is 0. The molecule has 1 aromatic heterocycles. The molecule has 8 nitrogen and oxygen atoms in total. The Kier molecular flexibility index (Phi) is 4.37. The number of rotatable bonds is 5. The fourth-order valence-electron chi connectivity index (χ4n) is 3.29. The van der Waals surface area contributed by atoms with Gasteiger partial charge in [-0.25, -0.2) is 0 Å². The molecule has 3 rings (SSSR count). The highest BCUT2D eigenvalue weighted by molar-refractivity contribution is 5.79. The second kappa shape index (κ2) is 6.43. The number of nitrogens with two attached hydrogens (primary N) is 1. The highest BCUT2D eigenvalue weighted by atomic mass is 16.2. The van der Waals surface area contributed by atoms with Crippen LogP contribution in [-0.2, 0) is 29.1 Å². The van der Waals surface area contributed by atoms with Crippen LogP contribution in [0.3, 0.4) is 0 Å². The molecule has 0 aromatic carbocycles. The van der Waals surface area contributed by atoms with Crippen molar-refractivity contribution < 1.29 is 9.59 Å². The van der Waals surface area contributed by atoms with Gasteiger partial charge >= 0.3 is 0 Å². The van der Waals surface area contributed by atoms with E-state index in [9.17, 15) is 9.59 Å². The smallest absolute Gasteiger partial charge is 0.231 e. The quantitative estimate of drug-likeness (QED) is 0.728. The van der Waals surface area contributed by atoms with Crippen LogP contribution in [0.2, 0.25) is 0 Å². The van der Waals surface area contributed by atoms with Gasteiger partial charge in [-0.05, 0) is 25.8 Å². The number of hydrogen-bond donors (Lipinski definition) is 2. The number of aryl methyl sites for hydroxylation is 1. The van der Waals surface area contributed by atoms with Gasteiger partial charge in [0.25, 0.3) is 0 Å². The van der Waals surface area contributed by atoms with E-state index in [0.717, 1.165) is 50.4 Å². The van der Waals surface area contributed by atoms with E-state index in [1.165, 1.54) is 0 Å². The van der Waals surface area contributed by atoms with Crippen LogP contribution in [0.25, 0.3) is 0 Å². The maximum Gasteiger partial charge on any atom is 0.231 e. The summed E-state index contributed by atoms with van der Waals surface area (Å²) in [7, 11) is 0. The molecule has 0 bridgehead atoms. The van der Waals surface area contributed by atoms with Gasteiger partial charge in [0.15, 0.2) is 5.82 Å². The lowest BCUT2D eigenvalue weighted by Gasteiger charge is -2.30. The summed E-state index contributed by atoms with van der Waals surface area (Å²) >= 11 is 0. The number of carbonyl (C=O) groups is 2. The van der Waals surface area contributed by atoms with E-state index in [1.54, 1.807) is 0 Å². The summed E-state index contributed by atoms with van der Waals surface area (Å²) in [6.07, 6.45) is 3.81. The number of primary amides is 1. The number of amides is 2. The van der Waals surface area contributed by atoms with E-state index in [-0.39, 0.29) is 24.3 Å². The number of likely N-dealkylation sites (tertiary alicyclic amines) is 1. The molecule has 3 N–H and O–H groups in total. The van der Waals surface area contributed by atoms with Crippen LogP contribution in [-0.4, -0.2) is 51.1 Å². The van der Waals surface area contributed by atoms with Gasteiger partial charge < -0.3 is 15.6 Å². The van der Waals surface area contributed by atoms with Crippen molar-refractivity contribution in [3.63, 3.8) is 0 Å². The van der Waals surface area contributed by atoms with Crippen LogP contribution in [0.1, 0.15) is 30.9 Å². The third-order valence-electron chi connectivity index (χ3n) is 4.36. The van der Waals surface area contributed by atoms with Crippen molar-refractivity contribution in [1.29, 1.82) is 0 Å². The lowest BCUT2D eigenvalue weighted by atomic mass is 9.97. The monoisotopic (exact) mass is 306 g/mol. The molecule has 0 spiro atoms. The molecule has 2 amide bonds. The molecule has 8 heteroatoms. The highest BCUT2D eigenvalue weighted by Gasteiger charge is 2.27. The minimum atomic E-state index is -0.347. The summed E-state index contributed by atoms with van der Waals surface area (Å²) in [5.41, 5.74) is 5.22. The SMILES string of the molecule is NC(=O)CN1CCCC(C(=O)NCc2nnc3n2CCC3)C1. The molecule has 0 saturated carbocycles. The predicted octanol–water partition coefficient (Wildman–Crippen LogP) is -0.962. The molecule has 0 radical (unpaired) electrons. The Morgan fingerprint density at radius 3 is 2.95 bits per heavy atom. The summed E-state index contributed by atoms with van der Waals surface area (Å²) in [6.45, 7) is 2.99. The van der Waals surface area contributed by atoms with Gasteiger partial charge in [0.2, 0.25) is 11.8 Å². The Hall–Kier alpha value is -1.96. The van der Waals surface area contributed by atoms with E-state index in [2.05, 4.69) is 20.1 Å². The standard InChI is InChI=1S/C14H22N6O2/c15-11(21)9-19-5-1-3-10(8-19)14(22)16-7-13-18-17-12-4-2-6-20(12)13/h10H,1-9H2,(H2,15,21)(H,16,22). The van der Waals surface area contributed by atoms with Gasteiger partial charge in [0.05, 0.1) is 19.0 Å². The molecule has 120 valence electrons. The van der Waals surface area contributed by atoms with Crippen molar-refractivity contribution in [2.75, 3.05) is 19.6 Å². The minimum absolute atomic E-state index is 0.0181. The van der Waals surface area contributed by atoms with Gasteiger partial charge in [-0.3, -0.25) is 14.5 Å². The Morgan fingerprint density at radius 1 is 1.27 bits per heavy atom. The van der Waals surface area contributed by atoms with Crippen molar-refractivity contribution in [2.24, 2.45) is 11.7 Å². The number of fused-ring (bicyclic) bond motifs is 1. The average molecular weight is 306 g/mol. The van der Waals surface area contributed by atoms with Crippen molar-refractivity contribution in [2.45, 2.75) is 38.8 Å². The zero-order valence-corrected chi connectivity index (χ0v) is 12.6. The number of hydrogen-bond acceptors (Lipinski definition) is 5. The molecule has 22 heavy (non-hydrogen) atoms. The summed E-state index contributed by atoms with van der Waals surface area (Å²) < 4.78 is 2.08. The minimum Gasteiger partial charge on any atom is -0.369 e. The van der Waals surface area contributed by atoms with Crippen molar-refractivity contribution in [1.82, 2.24) is 25.0 Å². The number of carbonyl (C=O) groups excluding carboxylic acids is 2. The maximum atomic E-state index is 12.3. The summed E-state index contributed by atoms with van der Waals surface area (Å²) in [5, 5.41) is 11.2. The normalized spacial score (nSPS) is 21.5. The van der Waals surface area contributed by atoms with Crippen LogP contribution in [0, 0.1) is 5.92 Å². The van der Waals surface area contributed by atoms with E-state index >= 15 is 0 Å². The van der Waals surface area contributed by atoms with Crippen molar-refractivity contribution in [3.8, 4) is 0 Å². The molecular weight excluding hydrogens is 284 g/mol. The van der Waals surface area contributed by atoms with E-state index in [0.29, 0.717) is 13.1 Å². The Bertz CT molecular complexity index is 570. The molecule has 1 fully saturated rings. The van der Waals surface area contributed by atoms with Crippen molar-refractivity contribution >= 4 is 11.8 Å². The second-order valence-corrected chi connectivity index (χ2v) is 6.05. The average Bonchev–Trinajstić information content (AvgIpc) is 3.08. The molecule has 2 aliphatic heterocycles. The van der Waals surface area contributed by atoms with Gasteiger partial charge in [0.1, 0.15) is 5.82 Å². The second-order valence-electron chi connectivity index (χ2n) is 6.05. The Balaban J connectivity index is 1.52. The third-order valence-corrected chi connectivity index (χ3v) is 4.36. The topological polar surface area (TPSA) is 106 Å². The van der Waals surface area contributed by atoms with Crippen LogP contribution in [0.15, 0.2) is 0 Å². The number of aromatic nitrogens is 3. The number of nitrogens with zero attached hydrogens (tertiary/aromatic N) is 4. The van der Waals surface area contributed by atoms with Crippen LogP contribution in [0.5, 0.6) is 0 Å². The van der Waals surface area contributed by atoms with Gasteiger partial charge in [0, 0.05) is 19.5 Å². The molecule has 1 atom stereocenters. The number of piperidine rings is 1. The first-order chi connectivity index (χ1) is 10.6. The Labute approximate surface area is 129 Å². The summed E-state index contributed by atoms with van der Waals surface area (Å²) in [5.74, 6) is 1.42. The Morgan fingerprint density at radius 2 is 2.14 bits per heavy atom. The van der Waals surface area contributed by atoms with Gasteiger partial charge in [-0.15, -0.1) is 10.2 Å². The molecule has 0 aliphatic carbocycles. The van der Waals surface area contributed by atoms with E-state index in [1.807, 2.05) is 4.90 Å². The molecular formula is C14H22N6O2. The molecule has 1 unspecified atom stereocenters. The molecule has 2 aliphatic rings. The highest BCUT2D eigenvalue weighted by Crippen LogP contribution is 2.17. The van der Waals surface area contributed by atoms with Crippen LogP contribution >= 0.6 is 0 Å². The van der Waals surface area contributed by atoms with Crippen LogP contribution in [0.4, 0.5) is 0 Å². The largest absolute Gasteiger partial charge is 0.369 e. The maximum absolute atomic E-state index is 12.3. The van der Waals surface area contributed by atoms with Crippen molar-refractivity contribution in [3.05, 3.63) is 11.6 Å². The molecule has 3 heterocycles. The molecule has 1 saturated heterocycles. The lowest BCUT2D eigenvalue weighted by molar-refractivity contribution is -0.128. The molecule has 1 aromatic rings. The first kappa shape index (κ1) is 15.0. The summed E-state index contributed by atoms with van der Waals surface area (Å²) in [4.78, 5) is 25.3. The first-order valence-electron chi connectivity index (χ1n) is 7.83. The predicted molar refractivity (Wildman–Crippen MR) is 78.5 cm³/mol. The zero-order valence-electron chi connectivity index (χ0n) is 12.6. The first-order valence-corrected chi connectivity index (χ1v) is 7.83. The fraction of sp³-hybridized carbons (Fsp3) is 0.714. The van der Waals surface area contributed by atoms with Gasteiger partial charge in [-0.2, -0.15) is 0 Å². The zero-order chi connectivity index (χ0) is 15.5. The fourth-order valence-corrected chi connectivity index (χ4v) is 3.29. The van der Waals surface area contributed by atoms with Crippen LogP contribution < -0.4 is 11.1 Å². The third kappa shape index (κ3) is 3.27. The number of nitrogens with one attached hydrogen (secondary N) is 1. The van der Waals surface area contributed by atoms with Gasteiger partial charge in [-0.1, -0.05) is 0 Å². The van der Waals surface area contributed by atoms with E-state index in [4.69, 9.17) is 5.73 Å². The lowest BCUT2D eigenvalue weighted by Crippen LogP contribution is -2.45. The van der Waals surface area contributed by atoms with E-state index < -0.39 is 0 Å².